The van der Waals surface area contributed by atoms with Gasteiger partial charge in [0.1, 0.15) is 11.8 Å². The quantitative estimate of drug-likeness (QED) is 0.741. The van der Waals surface area contributed by atoms with Gasteiger partial charge in [0.25, 0.3) is 5.91 Å². The third-order valence-corrected chi connectivity index (χ3v) is 4.87. The van der Waals surface area contributed by atoms with Gasteiger partial charge in [0.2, 0.25) is 0 Å². The molecular formula is C18H18N4O3S. The van der Waals surface area contributed by atoms with Crippen molar-refractivity contribution >= 4 is 28.3 Å². The number of hydrogen-bond acceptors (Lipinski definition) is 7. The van der Waals surface area contributed by atoms with Crippen molar-refractivity contribution in [1.82, 2.24) is 20.3 Å². The molecule has 0 radical (unpaired) electrons. The van der Waals surface area contributed by atoms with E-state index in [1.54, 1.807) is 5.51 Å². The third kappa shape index (κ3) is 3.87. The lowest BCUT2D eigenvalue weighted by molar-refractivity contribution is -0.0742. The van der Waals surface area contributed by atoms with E-state index in [1.807, 2.05) is 29.6 Å². The minimum absolute atomic E-state index is 0.136. The van der Waals surface area contributed by atoms with Crippen molar-refractivity contribution in [2.75, 3.05) is 13.2 Å². The third-order valence-electron chi connectivity index (χ3n) is 4.23. The minimum Gasteiger partial charge on any atom is -0.379 e. The molecule has 1 aliphatic heterocycles. The van der Waals surface area contributed by atoms with E-state index in [0.717, 1.165) is 11.2 Å². The van der Waals surface area contributed by atoms with Crippen LogP contribution in [0.2, 0.25) is 0 Å². The smallest absolute Gasteiger partial charge is 0.271 e. The summed E-state index contributed by atoms with van der Waals surface area (Å²) in [6.07, 6.45) is 1.97. The van der Waals surface area contributed by atoms with Crippen LogP contribution in [0, 0.1) is 0 Å². The van der Waals surface area contributed by atoms with Crippen molar-refractivity contribution < 1.29 is 14.3 Å². The largest absolute Gasteiger partial charge is 0.379 e. The van der Waals surface area contributed by atoms with Gasteiger partial charge in [-0.05, 0) is 18.6 Å². The number of nitrogens with one attached hydrogen (secondary N) is 1. The van der Waals surface area contributed by atoms with Crippen LogP contribution in [-0.4, -0.2) is 46.2 Å². The summed E-state index contributed by atoms with van der Waals surface area (Å²) in [6.45, 7) is 1.43. The minimum atomic E-state index is -0.252. The van der Waals surface area contributed by atoms with Crippen LogP contribution < -0.4 is 5.32 Å². The number of amides is 1. The number of aromatic nitrogens is 3. The van der Waals surface area contributed by atoms with Gasteiger partial charge in [-0.15, -0.1) is 11.3 Å². The summed E-state index contributed by atoms with van der Waals surface area (Å²) in [5, 5.41) is 4.96. The Hall–Kier alpha value is -2.42. The van der Waals surface area contributed by atoms with Gasteiger partial charge in [0.15, 0.2) is 0 Å². The second-order valence-corrected chi connectivity index (χ2v) is 6.74. The maximum absolute atomic E-state index is 12.6. The summed E-state index contributed by atoms with van der Waals surface area (Å²) in [5.41, 5.74) is 4.41. The van der Waals surface area contributed by atoms with Crippen molar-refractivity contribution in [2.45, 2.75) is 25.2 Å². The summed E-state index contributed by atoms with van der Waals surface area (Å²) in [5.74, 6) is -0.252. The number of nitrogens with zero attached hydrogens (tertiary/aromatic N) is 3. The molecule has 0 saturated carbocycles. The number of para-hydroxylation sites is 2. The number of carbonyl (C=O) groups excluding carboxylic acids is 1. The highest BCUT2D eigenvalue weighted by Crippen LogP contribution is 2.15. The Kier molecular flexibility index (Phi) is 5.14. The van der Waals surface area contributed by atoms with Crippen molar-refractivity contribution in [2.24, 2.45) is 0 Å². The van der Waals surface area contributed by atoms with Gasteiger partial charge in [-0.2, -0.15) is 0 Å². The van der Waals surface area contributed by atoms with Crippen LogP contribution >= 0.6 is 11.3 Å². The van der Waals surface area contributed by atoms with Crippen LogP contribution in [0.5, 0.6) is 0 Å². The molecule has 4 rings (SSSR count). The van der Waals surface area contributed by atoms with Crippen molar-refractivity contribution in [1.29, 1.82) is 0 Å². The van der Waals surface area contributed by atoms with Gasteiger partial charge in [0, 0.05) is 12.0 Å². The highest BCUT2D eigenvalue weighted by Gasteiger charge is 2.29. The molecule has 1 aliphatic rings. The molecule has 26 heavy (non-hydrogen) atoms. The highest BCUT2D eigenvalue weighted by molar-refractivity contribution is 7.07. The van der Waals surface area contributed by atoms with Gasteiger partial charge in [-0.1, -0.05) is 12.1 Å². The van der Waals surface area contributed by atoms with Gasteiger partial charge in [-0.3, -0.25) is 9.78 Å². The van der Waals surface area contributed by atoms with Gasteiger partial charge in [0.05, 0.1) is 47.7 Å². The van der Waals surface area contributed by atoms with Crippen LogP contribution in [0.25, 0.3) is 11.0 Å². The molecule has 3 aromatic rings. The molecule has 0 aliphatic carbocycles. The first-order valence-electron chi connectivity index (χ1n) is 8.38. The predicted octanol–water partition coefficient (Wildman–Crippen LogP) is 2.19. The van der Waals surface area contributed by atoms with Crippen molar-refractivity contribution in [3.8, 4) is 0 Å². The molecular weight excluding hydrogens is 352 g/mol. The molecule has 2 atom stereocenters. The summed E-state index contributed by atoms with van der Waals surface area (Å²) < 4.78 is 11.4. The summed E-state index contributed by atoms with van der Waals surface area (Å²) >= 11 is 1.53. The first-order chi connectivity index (χ1) is 12.8. The Bertz CT molecular complexity index is 887. The molecule has 0 spiro atoms. The zero-order valence-electron chi connectivity index (χ0n) is 14.0. The Morgan fingerprint density at radius 1 is 1.31 bits per heavy atom. The molecule has 1 aromatic carbocycles. The fraction of sp³-hybridized carbons (Fsp3) is 0.333. The lowest BCUT2D eigenvalue weighted by Crippen LogP contribution is -2.50. The second-order valence-electron chi connectivity index (χ2n) is 6.02. The normalized spacial score (nSPS) is 20.2. The van der Waals surface area contributed by atoms with E-state index in [1.165, 1.54) is 17.5 Å². The number of hydrogen-bond donors (Lipinski definition) is 1. The SMILES string of the molecule is O=C(N[C@@H]1CCOC[C@H]1OCc1cscn1)c1cnc2ccccc2n1. The average Bonchev–Trinajstić information content (AvgIpc) is 3.20. The molecule has 8 heteroatoms. The fourth-order valence-electron chi connectivity index (χ4n) is 2.85. The number of carbonyl (C=O) groups is 1. The molecule has 7 nitrogen and oxygen atoms in total. The Balaban J connectivity index is 1.43. The maximum atomic E-state index is 12.6. The van der Waals surface area contributed by atoms with E-state index in [0.29, 0.717) is 37.5 Å². The van der Waals surface area contributed by atoms with Crippen LogP contribution in [0.4, 0.5) is 0 Å². The van der Waals surface area contributed by atoms with Crippen LogP contribution in [0.15, 0.2) is 41.4 Å². The standard InChI is InChI=1S/C18H18N4O3S/c23-18(16-7-19-13-3-1-2-4-14(13)21-16)22-15-5-6-24-9-17(15)25-8-12-10-26-11-20-12/h1-4,7,10-11,15,17H,5-6,8-9H2,(H,22,23)/t15-,17-/m1/s1. The molecule has 134 valence electrons. The van der Waals surface area contributed by atoms with E-state index < -0.39 is 0 Å². The maximum Gasteiger partial charge on any atom is 0.271 e. The molecule has 0 unspecified atom stereocenters. The van der Waals surface area contributed by atoms with Crippen LogP contribution in [-0.2, 0) is 16.1 Å². The molecule has 1 saturated heterocycles. The molecule has 1 fully saturated rings. The second kappa shape index (κ2) is 7.86. The van der Waals surface area contributed by atoms with Crippen LogP contribution in [0.1, 0.15) is 22.6 Å². The van der Waals surface area contributed by atoms with E-state index >= 15 is 0 Å². The first-order valence-corrected chi connectivity index (χ1v) is 9.33. The number of rotatable bonds is 5. The number of ether oxygens (including phenoxy) is 2. The van der Waals surface area contributed by atoms with E-state index in [2.05, 4.69) is 20.3 Å². The molecule has 0 bridgehead atoms. The van der Waals surface area contributed by atoms with Gasteiger partial charge < -0.3 is 14.8 Å². The zero-order valence-corrected chi connectivity index (χ0v) is 14.8. The lowest BCUT2D eigenvalue weighted by atomic mass is 10.1. The topological polar surface area (TPSA) is 86.2 Å². The molecule has 1 amide bonds. The monoisotopic (exact) mass is 370 g/mol. The highest BCUT2D eigenvalue weighted by atomic mass is 32.1. The molecule has 2 aromatic heterocycles. The Morgan fingerprint density at radius 3 is 3.04 bits per heavy atom. The lowest BCUT2D eigenvalue weighted by Gasteiger charge is -2.31. The Labute approximate surface area is 154 Å². The summed E-state index contributed by atoms with van der Waals surface area (Å²) in [7, 11) is 0. The van der Waals surface area contributed by atoms with E-state index in [9.17, 15) is 4.79 Å². The van der Waals surface area contributed by atoms with E-state index in [-0.39, 0.29) is 18.1 Å². The number of thiazole rings is 1. The fourth-order valence-corrected chi connectivity index (χ4v) is 3.39. The molecule has 3 heterocycles. The van der Waals surface area contributed by atoms with Crippen LogP contribution in [0.3, 0.4) is 0 Å². The number of benzene rings is 1. The summed E-state index contributed by atoms with van der Waals surface area (Å²) in [4.78, 5) is 25.5. The van der Waals surface area contributed by atoms with Crippen molar-refractivity contribution in [3.05, 3.63) is 52.7 Å². The zero-order chi connectivity index (χ0) is 17.8. The van der Waals surface area contributed by atoms with E-state index in [4.69, 9.17) is 9.47 Å². The van der Waals surface area contributed by atoms with Crippen molar-refractivity contribution in [3.63, 3.8) is 0 Å². The average molecular weight is 370 g/mol. The number of fused-ring (bicyclic) bond motifs is 1. The molecule has 1 N–H and O–H groups in total. The Morgan fingerprint density at radius 2 is 2.19 bits per heavy atom. The predicted molar refractivity (Wildman–Crippen MR) is 96.9 cm³/mol. The first kappa shape index (κ1) is 17.0. The van der Waals surface area contributed by atoms with Gasteiger partial charge in [-0.25, -0.2) is 9.97 Å². The van der Waals surface area contributed by atoms with Gasteiger partial charge >= 0.3 is 0 Å². The summed E-state index contributed by atoms with van der Waals surface area (Å²) in [6, 6.07) is 7.34.